The molecule has 9 nitrogen and oxygen atoms in total. The largest absolute Gasteiger partial charge is 0.394 e. The molecule has 21 heavy (non-hydrogen) atoms. The average molecular weight is 313 g/mol. The molecule has 3 heterocycles. The smallest absolute Gasteiger partial charge is 0.191 e. The SMILES string of the molecule is CSc1nc(N)c2ncn([C@@H]3O[C@H](CO)C(O)C3O)c2n1. The molecule has 0 amide bonds. The highest BCUT2D eigenvalue weighted by Gasteiger charge is 2.44. The molecule has 3 rings (SSSR count). The number of hydrogen-bond donors (Lipinski definition) is 4. The quantitative estimate of drug-likeness (QED) is 0.404. The number of aromatic nitrogens is 4. The van der Waals surface area contributed by atoms with E-state index in [1.807, 2.05) is 6.26 Å². The van der Waals surface area contributed by atoms with Crippen LogP contribution in [0.5, 0.6) is 0 Å². The van der Waals surface area contributed by atoms with Gasteiger partial charge in [0, 0.05) is 0 Å². The van der Waals surface area contributed by atoms with E-state index in [1.54, 1.807) is 0 Å². The van der Waals surface area contributed by atoms with Gasteiger partial charge in [0.25, 0.3) is 0 Å². The lowest BCUT2D eigenvalue weighted by atomic mass is 10.1. The minimum absolute atomic E-state index is 0.231. The molecule has 0 saturated carbocycles. The van der Waals surface area contributed by atoms with Crippen LogP contribution in [0.1, 0.15) is 6.23 Å². The number of aliphatic hydroxyl groups excluding tert-OH is 3. The number of rotatable bonds is 3. The molecule has 0 spiro atoms. The molecule has 1 fully saturated rings. The van der Waals surface area contributed by atoms with Gasteiger partial charge in [0.1, 0.15) is 23.8 Å². The van der Waals surface area contributed by atoms with Gasteiger partial charge in [-0.3, -0.25) is 4.57 Å². The zero-order chi connectivity index (χ0) is 15.1. The van der Waals surface area contributed by atoms with Crippen LogP contribution in [0.3, 0.4) is 0 Å². The van der Waals surface area contributed by atoms with E-state index in [9.17, 15) is 10.2 Å². The molecule has 1 aliphatic rings. The summed E-state index contributed by atoms with van der Waals surface area (Å²) in [4.78, 5) is 12.5. The van der Waals surface area contributed by atoms with Crippen LogP contribution >= 0.6 is 11.8 Å². The van der Waals surface area contributed by atoms with Crippen molar-refractivity contribution in [2.75, 3.05) is 18.6 Å². The first kappa shape index (κ1) is 14.5. The predicted octanol–water partition coefficient (Wildman–Crippen LogP) is -1.26. The molecule has 5 N–H and O–H groups in total. The molecule has 4 atom stereocenters. The van der Waals surface area contributed by atoms with E-state index in [0.29, 0.717) is 16.3 Å². The maximum atomic E-state index is 10.1. The molecular formula is C11H15N5O4S. The van der Waals surface area contributed by atoms with Crippen molar-refractivity contribution < 1.29 is 20.1 Å². The number of nitrogen functional groups attached to an aromatic ring is 1. The van der Waals surface area contributed by atoms with Crippen molar-refractivity contribution in [3.63, 3.8) is 0 Å². The number of imidazole rings is 1. The molecule has 114 valence electrons. The Hall–Kier alpha value is -1.46. The van der Waals surface area contributed by atoms with E-state index in [2.05, 4.69) is 15.0 Å². The Kier molecular flexibility index (Phi) is 3.71. The van der Waals surface area contributed by atoms with E-state index in [4.69, 9.17) is 15.6 Å². The molecule has 0 aromatic carbocycles. The minimum Gasteiger partial charge on any atom is -0.394 e. The lowest BCUT2D eigenvalue weighted by Gasteiger charge is -2.16. The Morgan fingerprint density at radius 3 is 2.76 bits per heavy atom. The number of nitrogens with two attached hydrogens (primary N) is 1. The first-order chi connectivity index (χ1) is 10.1. The summed E-state index contributed by atoms with van der Waals surface area (Å²) in [6.07, 6.45) is -0.911. The van der Waals surface area contributed by atoms with E-state index >= 15 is 0 Å². The van der Waals surface area contributed by atoms with Crippen LogP contribution in [0, 0.1) is 0 Å². The van der Waals surface area contributed by atoms with Crippen LogP contribution in [0.15, 0.2) is 11.5 Å². The Morgan fingerprint density at radius 1 is 1.38 bits per heavy atom. The number of fused-ring (bicyclic) bond motifs is 1. The second-order valence-corrected chi connectivity index (χ2v) is 5.42. The molecule has 2 unspecified atom stereocenters. The van der Waals surface area contributed by atoms with Gasteiger partial charge in [-0.15, -0.1) is 0 Å². The molecule has 2 aromatic rings. The standard InChI is InChI=1S/C11H15N5O4S/c1-21-11-14-8(12)5-9(15-11)16(3-13-5)10-7(19)6(18)4(2-17)20-10/h3-4,6-7,10,17-19H,2H2,1H3,(H2,12,14,15)/t4-,6?,7?,10-/m1/s1. The van der Waals surface area contributed by atoms with Crippen LogP contribution in [0.4, 0.5) is 5.82 Å². The summed E-state index contributed by atoms with van der Waals surface area (Å²) in [5.74, 6) is 0.231. The zero-order valence-corrected chi connectivity index (χ0v) is 11.9. The minimum atomic E-state index is -1.20. The monoisotopic (exact) mass is 313 g/mol. The average Bonchev–Trinajstić information content (AvgIpc) is 3.02. The summed E-state index contributed by atoms with van der Waals surface area (Å²) in [5.41, 5.74) is 6.63. The molecule has 0 bridgehead atoms. The van der Waals surface area contributed by atoms with Gasteiger partial charge in [0.05, 0.1) is 12.9 Å². The summed E-state index contributed by atoms with van der Waals surface area (Å²) in [7, 11) is 0. The van der Waals surface area contributed by atoms with Gasteiger partial charge < -0.3 is 25.8 Å². The maximum absolute atomic E-state index is 10.1. The Bertz CT molecular complexity index is 665. The van der Waals surface area contributed by atoms with Gasteiger partial charge in [-0.1, -0.05) is 11.8 Å². The van der Waals surface area contributed by atoms with Crippen molar-refractivity contribution in [2.45, 2.75) is 29.7 Å². The van der Waals surface area contributed by atoms with Gasteiger partial charge in [0.2, 0.25) is 0 Å². The number of anilines is 1. The van der Waals surface area contributed by atoms with Crippen molar-refractivity contribution in [3.05, 3.63) is 6.33 Å². The van der Waals surface area contributed by atoms with E-state index in [1.165, 1.54) is 22.7 Å². The van der Waals surface area contributed by atoms with E-state index in [-0.39, 0.29) is 5.82 Å². The maximum Gasteiger partial charge on any atom is 0.191 e. The molecule has 0 radical (unpaired) electrons. The second kappa shape index (κ2) is 5.39. The summed E-state index contributed by atoms with van der Waals surface area (Å²) >= 11 is 1.32. The second-order valence-electron chi connectivity index (χ2n) is 4.65. The van der Waals surface area contributed by atoms with Crippen LogP contribution in [-0.2, 0) is 4.74 Å². The van der Waals surface area contributed by atoms with Crippen molar-refractivity contribution in [1.82, 2.24) is 19.5 Å². The summed E-state index contributed by atoms with van der Waals surface area (Å²) in [6.45, 7) is -0.394. The summed E-state index contributed by atoms with van der Waals surface area (Å²) in [5, 5.41) is 29.5. The third-order valence-electron chi connectivity index (χ3n) is 3.40. The van der Waals surface area contributed by atoms with Crippen molar-refractivity contribution in [3.8, 4) is 0 Å². The van der Waals surface area contributed by atoms with Gasteiger partial charge in [-0.25, -0.2) is 15.0 Å². The number of thioether (sulfide) groups is 1. The molecule has 2 aromatic heterocycles. The number of aliphatic hydroxyl groups is 3. The van der Waals surface area contributed by atoms with Gasteiger partial charge in [-0.05, 0) is 6.26 Å². The normalized spacial score (nSPS) is 29.3. The van der Waals surface area contributed by atoms with Crippen LogP contribution in [0.2, 0.25) is 0 Å². The highest BCUT2D eigenvalue weighted by atomic mass is 32.2. The summed E-state index contributed by atoms with van der Waals surface area (Å²) < 4.78 is 6.95. The molecule has 1 aliphatic heterocycles. The van der Waals surface area contributed by atoms with Crippen LogP contribution in [-0.4, -0.2) is 66.0 Å². The Morgan fingerprint density at radius 2 is 2.14 bits per heavy atom. The highest BCUT2D eigenvalue weighted by Crippen LogP contribution is 2.32. The number of hydrogen-bond acceptors (Lipinski definition) is 9. The van der Waals surface area contributed by atoms with Crippen molar-refractivity contribution in [1.29, 1.82) is 0 Å². The molecular weight excluding hydrogens is 298 g/mol. The Balaban J connectivity index is 2.07. The Labute approximate surface area is 123 Å². The lowest BCUT2D eigenvalue weighted by Crippen LogP contribution is -2.33. The van der Waals surface area contributed by atoms with Crippen LogP contribution < -0.4 is 5.73 Å². The summed E-state index contributed by atoms with van der Waals surface area (Å²) in [6, 6.07) is 0. The van der Waals surface area contributed by atoms with Crippen molar-refractivity contribution in [2.24, 2.45) is 0 Å². The lowest BCUT2D eigenvalue weighted by molar-refractivity contribution is -0.0511. The molecule has 1 saturated heterocycles. The fourth-order valence-corrected chi connectivity index (χ4v) is 2.67. The number of ether oxygens (including phenoxy) is 1. The highest BCUT2D eigenvalue weighted by molar-refractivity contribution is 7.98. The predicted molar refractivity (Wildman–Crippen MR) is 74.5 cm³/mol. The third kappa shape index (κ3) is 2.24. The van der Waals surface area contributed by atoms with Gasteiger partial charge in [0.15, 0.2) is 22.8 Å². The first-order valence-corrected chi connectivity index (χ1v) is 7.45. The van der Waals surface area contributed by atoms with E-state index < -0.39 is 31.1 Å². The van der Waals surface area contributed by atoms with Crippen LogP contribution in [0.25, 0.3) is 11.2 Å². The molecule has 10 heteroatoms. The number of nitrogens with zero attached hydrogens (tertiary/aromatic N) is 4. The van der Waals surface area contributed by atoms with Gasteiger partial charge in [-0.2, -0.15) is 0 Å². The van der Waals surface area contributed by atoms with Crippen molar-refractivity contribution >= 4 is 28.7 Å². The first-order valence-electron chi connectivity index (χ1n) is 6.23. The van der Waals surface area contributed by atoms with E-state index in [0.717, 1.165) is 0 Å². The zero-order valence-electron chi connectivity index (χ0n) is 11.1. The fourth-order valence-electron chi connectivity index (χ4n) is 2.30. The topological polar surface area (TPSA) is 140 Å². The third-order valence-corrected chi connectivity index (χ3v) is 3.95. The molecule has 0 aliphatic carbocycles. The van der Waals surface area contributed by atoms with Gasteiger partial charge >= 0.3 is 0 Å². The fraction of sp³-hybridized carbons (Fsp3) is 0.545.